The highest BCUT2D eigenvalue weighted by Crippen LogP contribution is 2.06. The van der Waals surface area contributed by atoms with Crippen molar-refractivity contribution in [1.29, 1.82) is 0 Å². The van der Waals surface area contributed by atoms with Gasteiger partial charge in [0.15, 0.2) is 0 Å². The Morgan fingerprint density at radius 1 is 1.36 bits per heavy atom. The lowest BCUT2D eigenvalue weighted by molar-refractivity contribution is 0.568. The first kappa shape index (κ1) is 8.16. The topological polar surface area (TPSA) is 13.1 Å². The monoisotopic (exact) mass is 164 g/mol. The van der Waals surface area contributed by atoms with Gasteiger partial charge >= 0.3 is 0 Å². The van der Waals surface area contributed by atoms with Gasteiger partial charge in [0.25, 0.3) is 0 Å². The fraction of sp³-hybridized carbons (Fsp3) is 0.333. The SMILES string of the molecule is C#Cc1cocc1[Si](C)(C)C. The molecule has 1 aromatic heterocycles. The smallest absolute Gasteiger partial charge is 0.106 e. The Hall–Kier alpha value is -0.943. The molecule has 0 fully saturated rings. The van der Waals surface area contributed by atoms with Gasteiger partial charge in [0.05, 0.1) is 19.9 Å². The molecule has 11 heavy (non-hydrogen) atoms. The van der Waals surface area contributed by atoms with Crippen molar-refractivity contribution < 1.29 is 4.42 Å². The first-order valence-corrected chi connectivity index (χ1v) is 7.09. The molecular formula is C9H12OSi. The van der Waals surface area contributed by atoms with Crippen LogP contribution in [0.4, 0.5) is 0 Å². The summed E-state index contributed by atoms with van der Waals surface area (Å²) in [4.78, 5) is 0. The van der Waals surface area contributed by atoms with Crippen LogP contribution in [-0.2, 0) is 0 Å². The molecule has 0 atom stereocenters. The molecule has 0 aliphatic heterocycles. The molecular weight excluding hydrogens is 152 g/mol. The van der Waals surface area contributed by atoms with E-state index < -0.39 is 8.07 Å². The highest BCUT2D eigenvalue weighted by Gasteiger charge is 2.20. The molecule has 58 valence electrons. The summed E-state index contributed by atoms with van der Waals surface area (Å²) >= 11 is 0. The molecule has 1 aromatic rings. The van der Waals surface area contributed by atoms with Crippen LogP contribution < -0.4 is 5.19 Å². The Kier molecular flexibility index (Phi) is 1.92. The Balaban J connectivity index is 3.15. The van der Waals surface area contributed by atoms with E-state index in [0.29, 0.717) is 0 Å². The molecule has 0 amide bonds. The van der Waals surface area contributed by atoms with E-state index >= 15 is 0 Å². The molecule has 0 unspecified atom stereocenters. The molecule has 0 bridgehead atoms. The molecule has 0 N–H and O–H groups in total. The van der Waals surface area contributed by atoms with Gasteiger partial charge in [0.1, 0.15) is 6.26 Å². The summed E-state index contributed by atoms with van der Waals surface area (Å²) in [5, 5.41) is 1.24. The zero-order valence-corrected chi connectivity index (χ0v) is 8.14. The third-order valence-electron chi connectivity index (χ3n) is 1.63. The lowest BCUT2D eigenvalue weighted by atomic mass is 10.4. The lowest BCUT2D eigenvalue weighted by Crippen LogP contribution is -2.38. The normalized spacial score (nSPS) is 11.1. The minimum absolute atomic E-state index is 0.921. The Morgan fingerprint density at radius 3 is 2.36 bits per heavy atom. The second-order valence-electron chi connectivity index (χ2n) is 3.59. The maximum absolute atomic E-state index is 5.30. The Labute approximate surface area is 68.4 Å². The summed E-state index contributed by atoms with van der Waals surface area (Å²) in [6.45, 7) is 6.75. The molecule has 0 aliphatic carbocycles. The maximum Gasteiger partial charge on any atom is 0.106 e. The summed E-state index contributed by atoms with van der Waals surface area (Å²) in [5.41, 5.74) is 0.921. The van der Waals surface area contributed by atoms with Crippen LogP contribution in [0, 0.1) is 12.3 Å². The van der Waals surface area contributed by atoms with Crippen LogP contribution in [0.15, 0.2) is 16.9 Å². The largest absolute Gasteiger partial charge is 0.471 e. The van der Waals surface area contributed by atoms with Crippen molar-refractivity contribution in [2.45, 2.75) is 19.6 Å². The number of furan rings is 1. The summed E-state index contributed by atoms with van der Waals surface area (Å²) in [5.74, 6) is 2.62. The van der Waals surface area contributed by atoms with E-state index in [-0.39, 0.29) is 0 Å². The van der Waals surface area contributed by atoms with Crippen molar-refractivity contribution in [1.82, 2.24) is 0 Å². The second-order valence-corrected chi connectivity index (χ2v) is 8.63. The predicted molar refractivity (Wildman–Crippen MR) is 49.6 cm³/mol. The van der Waals surface area contributed by atoms with E-state index in [1.165, 1.54) is 5.19 Å². The van der Waals surface area contributed by atoms with Crippen LogP contribution in [0.5, 0.6) is 0 Å². The van der Waals surface area contributed by atoms with Gasteiger partial charge in [-0.25, -0.2) is 0 Å². The van der Waals surface area contributed by atoms with Gasteiger partial charge in [-0.1, -0.05) is 25.6 Å². The highest BCUT2D eigenvalue weighted by atomic mass is 28.3. The maximum atomic E-state index is 5.30. The molecule has 0 saturated heterocycles. The third-order valence-corrected chi connectivity index (χ3v) is 3.63. The van der Waals surface area contributed by atoms with E-state index in [1.807, 2.05) is 0 Å². The first-order chi connectivity index (χ1) is 5.05. The van der Waals surface area contributed by atoms with Crippen molar-refractivity contribution in [3.8, 4) is 12.3 Å². The van der Waals surface area contributed by atoms with Crippen LogP contribution >= 0.6 is 0 Å². The lowest BCUT2D eigenvalue weighted by Gasteiger charge is -2.13. The molecule has 1 nitrogen and oxygen atoms in total. The van der Waals surface area contributed by atoms with Crippen molar-refractivity contribution in [2.24, 2.45) is 0 Å². The average molecular weight is 164 g/mol. The zero-order valence-electron chi connectivity index (χ0n) is 7.14. The number of hydrogen-bond donors (Lipinski definition) is 0. The average Bonchev–Trinajstić information content (AvgIpc) is 2.31. The number of hydrogen-bond acceptors (Lipinski definition) is 1. The Morgan fingerprint density at radius 2 is 2.00 bits per heavy atom. The highest BCUT2D eigenvalue weighted by molar-refractivity contribution is 6.89. The van der Waals surface area contributed by atoms with Gasteiger partial charge in [-0.3, -0.25) is 0 Å². The molecule has 0 radical (unpaired) electrons. The van der Waals surface area contributed by atoms with Gasteiger partial charge in [0.2, 0.25) is 0 Å². The molecule has 0 aliphatic rings. The minimum atomic E-state index is -1.28. The molecule has 1 heterocycles. The van der Waals surface area contributed by atoms with Gasteiger partial charge in [-0.05, 0) is 5.19 Å². The van der Waals surface area contributed by atoms with Gasteiger partial charge in [0, 0.05) is 0 Å². The van der Waals surface area contributed by atoms with Crippen molar-refractivity contribution in [3.63, 3.8) is 0 Å². The molecule has 0 saturated carbocycles. The zero-order chi connectivity index (χ0) is 8.48. The van der Waals surface area contributed by atoms with Gasteiger partial charge < -0.3 is 4.42 Å². The first-order valence-electron chi connectivity index (χ1n) is 3.59. The van der Waals surface area contributed by atoms with E-state index in [4.69, 9.17) is 10.8 Å². The quantitative estimate of drug-likeness (QED) is 0.456. The summed E-state index contributed by atoms with van der Waals surface area (Å²) < 4.78 is 5.06. The summed E-state index contributed by atoms with van der Waals surface area (Å²) in [6, 6.07) is 0. The molecule has 1 rings (SSSR count). The van der Waals surface area contributed by atoms with Crippen LogP contribution in [0.1, 0.15) is 5.56 Å². The van der Waals surface area contributed by atoms with Crippen molar-refractivity contribution in [2.75, 3.05) is 0 Å². The molecule has 2 heteroatoms. The van der Waals surface area contributed by atoms with Crippen LogP contribution in [-0.4, -0.2) is 8.07 Å². The van der Waals surface area contributed by atoms with E-state index in [0.717, 1.165) is 5.56 Å². The predicted octanol–water partition coefficient (Wildman–Crippen LogP) is 1.81. The standard InChI is InChI=1S/C9H12OSi/c1-5-8-6-10-7-9(8)11(2,3)4/h1,6-7H,2-4H3. The number of terminal acetylenes is 1. The van der Waals surface area contributed by atoms with Crippen LogP contribution in [0.2, 0.25) is 19.6 Å². The summed E-state index contributed by atoms with van der Waals surface area (Å²) in [7, 11) is -1.28. The van der Waals surface area contributed by atoms with Crippen LogP contribution in [0.25, 0.3) is 0 Å². The molecule has 0 aromatic carbocycles. The van der Waals surface area contributed by atoms with Gasteiger partial charge in [-0.2, -0.15) is 0 Å². The van der Waals surface area contributed by atoms with E-state index in [2.05, 4.69) is 25.6 Å². The van der Waals surface area contributed by atoms with Gasteiger partial charge in [-0.15, -0.1) is 6.42 Å². The Bertz CT molecular complexity index is 285. The minimum Gasteiger partial charge on any atom is -0.471 e. The second kappa shape index (κ2) is 2.59. The number of rotatable bonds is 1. The fourth-order valence-corrected chi connectivity index (χ4v) is 2.35. The fourth-order valence-electron chi connectivity index (χ4n) is 0.990. The summed E-state index contributed by atoms with van der Waals surface area (Å²) in [6.07, 6.45) is 8.73. The van der Waals surface area contributed by atoms with Crippen molar-refractivity contribution in [3.05, 3.63) is 18.1 Å². The van der Waals surface area contributed by atoms with Crippen molar-refractivity contribution >= 4 is 13.3 Å². The van der Waals surface area contributed by atoms with E-state index in [9.17, 15) is 0 Å². The van der Waals surface area contributed by atoms with E-state index in [1.54, 1.807) is 12.5 Å². The van der Waals surface area contributed by atoms with Crippen LogP contribution in [0.3, 0.4) is 0 Å². The molecule has 0 spiro atoms. The third kappa shape index (κ3) is 1.55.